The summed E-state index contributed by atoms with van der Waals surface area (Å²) in [4.78, 5) is 29.9. The molecule has 2 aliphatic rings. The first-order valence-electron chi connectivity index (χ1n) is 12.1. The number of phenols is 1. The van der Waals surface area contributed by atoms with Gasteiger partial charge in [-0.2, -0.15) is 0 Å². The predicted octanol–water partition coefficient (Wildman–Crippen LogP) is 1.23. The van der Waals surface area contributed by atoms with Gasteiger partial charge in [-0.25, -0.2) is 4.79 Å². The third kappa shape index (κ3) is 4.85. The van der Waals surface area contributed by atoms with Gasteiger partial charge in [-0.15, -0.1) is 0 Å². The number of carbonyl (C=O) groups is 1. The first kappa shape index (κ1) is 25.8. The lowest BCUT2D eigenvalue weighted by Gasteiger charge is -2.39. The summed E-state index contributed by atoms with van der Waals surface area (Å²) in [6.07, 6.45) is 0.835. The molecule has 0 radical (unpaired) electrons. The fourth-order valence-corrected chi connectivity index (χ4v) is 4.73. The summed E-state index contributed by atoms with van der Waals surface area (Å²) in [6, 6.07) is 2.92. The van der Waals surface area contributed by atoms with Crippen molar-refractivity contribution in [1.82, 2.24) is 5.32 Å². The van der Waals surface area contributed by atoms with Gasteiger partial charge in [0.2, 0.25) is 0 Å². The van der Waals surface area contributed by atoms with Gasteiger partial charge in [-0.1, -0.05) is 0 Å². The molecule has 1 fully saturated rings. The van der Waals surface area contributed by atoms with Crippen LogP contribution in [0.2, 0.25) is 0 Å². The van der Waals surface area contributed by atoms with Gasteiger partial charge in [0.1, 0.15) is 39.9 Å². The van der Waals surface area contributed by atoms with Crippen LogP contribution in [0.4, 0.5) is 0 Å². The van der Waals surface area contributed by atoms with Crippen molar-refractivity contribution in [3.8, 4) is 11.5 Å². The molecular formula is C25H34N4O7. The molecule has 3 atom stereocenters. The van der Waals surface area contributed by atoms with Crippen LogP contribution in [-0.2, 0) is 20.7 Å². The van der Waals surface area contributed by atoms with Gasteiger partial charge in [0.25, 0.3) is 0 Å². The molecule has 0 unspecified atom stereocenters. The van der Waals surface area contributed by atoms with Gasteiger partial charge in [0, 0.05) is 37.1 Å². The van der Waals surface area contributed by atoms with Crippen molar-refractivity contribution in [1.29, 1.82) is 0 Å². The molecule has 36 heavy (non-hydrogen) atoms. The summed E-state index contributed by atoms with van der Waals surface area (Å²) >= 11 is 0. The van der Waals surface area contributed by atoms with Crippen LogP contribution in [0.15, 0.2) is 26.3 Å². The molecule has 0 bridgehead atoms. The average molecular weight is 503 g/mol. The summed E-state index contributed by atoms with van der Waals surface area (Å²) in [5.74, 6) is 0.133. The molecule has 11 nitrogen and oxygen atoms in total. The number of aryl methyl sites for hydroxylation is 1. The fraction of sp³-hybridized carbons (Fsp3) is 0.560. The number of esters is 1. The minimum atomic E-state index is -1.07. The molecule has 4 rings (SSSR count). The average Bonchev–Trinajstić information content (AvgIpc) is 3.49. The lowest BCUT2D eigenvalue weighted by Crippen LogP contribution is -2.50. The number of epoxide rings is 1. The van der Waals surface area contributed by atoms with E-state index >= 15 is 0 Å². The van der Waals surface area contributed by atoms with E-state index in [9.17, 15) is 14.7 Å². The summed E-state index contributed by atoms with van der Waals surface area (Å²) in [7, 11) is 1.80. The quantitative estimate of drug-likeness (QED) is 0.128. The number of aliphatic imine (C=N–C) groups is 1. The summed E-state index contributed by atoms with van der Waals surface area (Å²) in [6.45, 7) is 6.29. The van der Waals surface area contributed by atoms with E-state index in [1.807, 2.05) is 13.8 Å². The van der Waals surface area contributed by atoms with Gasteiger partial charge in [0.05, 0.1) is 6.10 Å². The smallest absolute Gasteiger partial charge is 0.341 e. The number of rotatable bonds is 9. The molecule has 11 heteroatoms. The van der Waals surface area contributed by atoms with E-state index < -0.39 is 23.3 Å². The van der Waals surface area contributed by atoms with Crippen molar-refractivity contribution in [2.75, 3.05) is 20.1 Å². The molecule has 1 aromatic heterocycles. The number of nitrogens with one attached hydrogen (secondary N) is 1. The second-order valence-electron chi connectivity index (χ2n) is 9.90. The Bertz CT molecular complexity index is 1250. The number of phenolic OH excluding ortho intramolecular Hbond substituents is 1. The topological polar surface area (TPSA) is 175 Å². The Labute approximate surface area is 208 Å². The van der Waals surface area contributed by atoms with Crippen molar-refractivity contribution in [3.63, 3.8) is 0 Å². The van der Waals surface area contributed by atoms with Crippen LogP contribution in [0.25, 0.3) is 11.0 Å². The molecular weight excluding hydrogens is 468 g/mol. The Kier molecular flexibility index (Phi) is 6.89. The normalized spacial score (nSPS) is 24.0. The third-order valence-corrected chi connectivity index (χ3v) is 6.79. The zero-order valence-electron chi connectivity index (χ0n) is 21.1. The third-order valence-electron chi connectivity index (χ3n) is 6.79. The highest BCUT2D eigenvalue weighted by atomic mass is 16.7. The van der Waals surface area contributed by atoms with E-state index in [0.29, 0.717) is 49.4 Å². The van der Waals surface area contributed by atoms with Gasteiger partial charge in [0.15, 0.2) is 17.0 Å². The molecule has 0 saturated carbocycles. The highest BCUT2D eigenvalue weighted by molar-refractivity contribution is 5.87. The van der Waals surface area contributed by atoms with E-state index in [1.165, 1.54) is 6.07 Å². The Hall–Kier alpha value is -3.31. The van der Waals surface area contributed by atoms with Crippen LogP contribution in [0.1, 0.15) is 44.4 Å². The number of guanidine groups is 1. The van der Waals surface area contributed by atoms with Crippen molar-refractivity contribution >= 4 is 22.9 Å². The number of benzene rings is 1. The number of fused-ring (bicyclic) bond motifs is 2. The van der Waals surface area contributed by atoms with Crippen LogP contribution < -0.4 is 26.9 Å². The summed E-state index contributed by atoms with van der Waals surface area (Å²) < 4.78 is 23.7. The summed E-state index contributed by atoms with van der Waals surface area (Å²) in [5.41, 5.74) is 9.05. The van der Waals surface area contributed by atoms with Gasteiger partial charge >= 0.3 is 5.97 Å². The SMILES string of the molecule is CNCC[C@@]1(C(=O)O[C@@H]2Cc3c(cc4oc(C)cc(=O)c4c3O)OC2(C)C)O[C@@H]1CCCN=C(N)N. The number of nitrogens with zero attached hydrogens (tertiary/aromatic N) is 1. The largest absolute Gasteiger partial charge is 0.507 e. The van der Waals surface area contributed by atoms with Crippen molar-refractivity contribution < 1.29 is 28.5 Å². The lowest BCUT2D eigenvalue weighted by molar-refractivity contribution is -0.167. The zero-order valence-corrected chi connectivity index (χ0v) is 21.1. The van der Waals surface area contributed by atoms with Gasteiger partial charge in [-0.3, -0.25) is 9.79 Å². The molecule has 2 aromatic rings. The number of ether oxygens (including phenoxy) is 3. The molecule has 6 N–H and O–H groups in total. The van der Waals surface area contributed by atoms with E-state index in [1.54, 1.807) is 20.0 Å². The predicted molar refractivity (Wildman–Crippen MR) is 133 cm³/mol. The maximum Gasteiger partial charge on any atom is 0.341 e. The number of carbonyl (C=O) groups excluding carboxylic acids is 1. The molecule has 0 amide bonds. The van der Waals surface area contributed by atoms with Crippen molar-refractivity contribution in [2.24, 2.45) is 16.5 Å². The van der Waals surface area contributed by atoms with E-state index in [2.05, 4.69) is 10.3 Å². The number of hydrogen-bond acceptors (Lipinski definition) is 9. The molecule has 0 aliphatic carbocycles. The number of nitrogens with two attached hydrogens (primary N) is 2. The number of hydrogen-bond donors (Lipinski definition) is 4. The van der Waals surface area contributed by atoms with Crippen LogP contribution in [0.3, 0.4) is 0 Å². The highest BCUT2D eigenvalue weighted by Crippen LogP contribution is 2.46. The second-order valence-corrected chi connectivity index (χ2v) is 9.90. The first-order chi connectivity index (χ1) is 17.0. The van der Waals surface area contributed by atoms with Crippen molar-refractivity contribution in [2.45, 2.75) is 69.9 Å². The van der Waals surface area contributed by atoms with Crippen LogP contribution in [0, 0.1) is 6.92 Å². The van der Waals surface area contributed by atoms with E-state index in [4.69, 9.17) is 30.1 Å². The maximum atomic E-state index is 13.4. The fourth-order valence-electron chi connectivity index (χ4n) is 4.73. The van der Waals surface area contributed by atoms with E-state index in [0.717, 1.165) is 0 Å². The maximum absolute atomic E-state index is 13.4. The van der Waals surface area contributed by atoms with Gasteiger partial charge < -0.3 is 40.5 Å². The zero-order chi connectivity index (χ0) is 26.3. The van der Waals surface area contributed by atoms with Gasteiger partial charge in [-0.05, 0) is 47.2 Å². The lowest BCUT2D eigenvalue weighted by atomic mass is 9.89. The van der Waals surface area contributed by atoms with Crippen LogP contribution >= 0.6 is 0 Å². The van der Waals surface area contributed by atoms with Crippen LogP contribution in [0.5, 0.6) is 11.5 Å². The number of aromatic hydroxyl groups is 1. The second kappa shape index (κ2) is 9.62. The minimum absolute atomic E-state index is 0.0244. The highest BCUT2D eigenvalue weighted by Gasteiger charge is 2.63. The molecule has 1 saturated heterocycles. The monoisotopic (exact) mass is 502 g/mol. The summed E-state index contributed by atoms with van der Waals surface area (Å²) in [5, 5.41) is 14.1. The Morgan fingerprint density at radius 2 is 2.08 bits per heavy atom. The van der Waals surface area contributed by atoms with Crippen molar-refractivity contribution in [3.05, 3.63) is 33.7 Å². The Morgan fingerprint density at radius 1 is 1.33 bits per heavy atom. The molecule has 2 aliphatic heterocycles. The molecule has 1 aromatic carbocycles. The molecule has 0 spiro atoms. The van der Waals surface area contributed by atoms with E-state index in [-0.39, 0.29) is 40.6 Å². The first-order valence-corrected chi connectivity index (χ1v) is 12.1. The Morgan fingerprint density at radius 3 is 2.78 bits per heavy atom. The van der Waals surface area contributed by atoms with Crippen LogP contribution in [-0.4, -0.2) is 60.6 Å². The molecule has 196 valence electrons. The molecule has 3 heterocycles. The Balaban J connectivity index is 1.55. The minimum Gasteiger partial charge on any atom is -0.507 e. The standard InChI is InChI=1S/C25H34N4O7/c1-13-10-15(30)20-17(33-13)12-16-14(21(20)31)11-19(24(2,3)35-16)34-22(32)25(7-9-28-4)18(36-25)6-5-8-29-23(26)27/h10,12,18-19,28,31H,5-9,11H2,1-4H3,(H4,26,27,29)/t18-,19-,25-/m1/s1.